The number of ether oxygens (including phenoxy) is 5. The second kappa shape index (κ2) is 15.0. The lowest BCUT2D eigenvalue weighted by atomic mass is 9.77. The summed E-state index contributed by atoms with van der Waals surface area (Å²) < 4.78 is 24.3. The van der Waals surface area contributed by atoms with Crippen molar-refractivity contribution in [3.05, 3.63) is 0 Å². The van der Waals surface area contributed by atoms with Crippen molar-refractivity contribution < 1.29 is 62.0 Å². The molecule has 0 bridgehead atoms. The number of hydrogen-bond donors (Lipinski definition) is 2. The normalized spacial score (nSPS) is 19.4. The molecule has 0 saturated carbocycles. The molecule has 0 radical (unpaired) electrons. The van der Waals surface area contributed by atoms with Crippen molar-refractivity contribution in [3.63, 3.8) is 0 Å². The van der Waals surface area contributed by atoms with Gasteiger partial charge in [0.05, 0.1) is 38.3 Å². The van der Waals surface area contributed by atoms with Crippen molar-refractivity contribution >= 4 is 47.7 Å². The third kappa shape index (κ3) is 11.1. The number of nitrogens with zero attached hydrogens (tertiary/aromatic N) is 2. The molecule has 47 heavy (non-hydrogen) atoms. The lowest BCUT2D eigenvalue weighted by molar-refractivity contribution is -0.159. The third-order valence-electron chi connectivity index (χ3n) is 6.92. The van der Waals surface area contributed by atoms with Crippen molar-refractivity contribution in [1.82, 2.24) is 20.4 Å². The van der Waals surface area contributed by atoms with Crippen LogP contribution in [0.2, 0.25) is 0 Å². The number of esters is 3. The maximum atomic E-state index is 12.0. The van der Waals surface area contributed by atoms with Crippen LogP contribution < -0.4 is 10.6 Å². The van der Waals surface area contributed by atoms with Crippen molar-refractivity contribution in [2.24, 2.45) is 5.92 Å². The minimum absolute atomic E-state index is 0.00218. The van der Waals surface area contributed by atoms with E-state index in [1.807, 2.05) is 0 Å². The summed E-state index contributed by atoms with van der Waals surface area (Å²) in [4.78, 5) is 97.2. The van der Waals surface area contributed by atoms with E-state index in [0.717, 1.165) is 7.11 Å². The molecule has 4 amide bonds. The second-order valence-corrected chi connectivity index (χ2v) is 13.6. The van der Waals surface area contributed by atoms with Gasteiger partial charge in [-0.1, -0.05) is 0 Å². The first-order valence-electron chi connectivity index (χ1n) is 15.0. The Morgan fingerprint density at radius 1 is 0.830 bits per heavy atom. The number of Topliss-reactive ketones (excluding diaryl/α,β-unsaturated/α-hetero) is 1. The van der Waals surface area contributed by atoms with E-state index < -0.39 is 82.3 Å². The summed E-state index contributed by atoms with van der Waals surface area (Å²) in [6.07, 6.45) is -1.60. The number of methoxy groups -OCH3 is 2. The molecule has 3 saturated heterocycles. The molecular weight excluding hydrogens is 624 g/mol. The molecule has 0 aliphatic carbocycles. The lowest BCUT2D eigenvalue weighted by Gasteiger charge is -2.52. The maximum absolute atomic E-state index is 12.0. The van der Waals surface area contributed by atoms with Crippen LogP contribution in [0.15, 0.2) is 0 Å². The van der Waals surface area contributed by atoms with E-state index in [0.29, 0.717) is 0 Å². The number of carbonyl (C=O) groups excluding carboxylic acids is 8. The summed E-state index contributed by atoms with van der Waals surface area (Å²) >= 11 is 0. The number of amides is 4. The highest BCUT2D eigenvalue weighted by molar-refractivity contribution is 6.18. The molecule has 3 aliphatic heterocycles. The van der Waals surface area contributed by atoms with Crippen LogP contribution in [0.4, 0.5) is 9.59 Å². The van der Waals surface area contributed by atoms with Crippen LogP contribution in [0.25, 0.3) is 0 Å². The Hall–Kier alpha value is -4.44. The quantitative estimate of drug-likeness (QED) is 0.214. The van der Waals surface area contributed by atoms with Crippen LogP contribution in [-0.2, 0) is 52.5 Å². The minimum atomic E-state index is -1.41. The second-order valence-electron chi connectivity index (χ2n) is 13.6. The summed E-state index contributed by atoms with van der Waals surface area (Å²) in [7, 11) is 2.36. The predicted molar refractivity (Wildman–Crippen MR) is 160 cm³/mol. The summed E-state index contributed by atoms with van der Waals surface area (Å²) in [5, 5.41) is 5.30. The Morgan fingerprint density at radius 3 is 1.77 bits per heavy atom. The first kappa shape index (κ1) is 38.7. The molecule has 3 fully saturated rings. The van der Waals surface area contributed by atoms with E-state index in [1.165, 1.54) is 16.9 Å². The smallest absolute Gasteiger partial charge is 0.410 e. The number of nitrogens with one attached hydrogen (secondary N) is 2. The fourth-order valence-electron chi connectivity index (χ4n) is 5.05. The van der Waals surface area contributed by atoms with Gasteiger partial charge >= 0.3 is 30.1 Å². The van der Waals surface area contributed by atoms with Crippen LogP contribution in [0.3, 0.4) is 0 Å². The molecule has 3 rings (SSSR count). The fourth-order valence-corrected chi connectivity index (χ4v) is 5.05. The molecule has 0 aromatic rings. The number of likely N-dealkylation sites (tertiary alicyclic amines) is 2. The van der Waals surface area contributed by atoms with E-state index in [-0.39, 0.29) is 45.6 Å². The molecule has 17 heteroatoms. The van der Waals surface area contributed by atoms with Gasteiger partial charge in [-0.25, -0.2) is 9.59 Å². The van der Waals surface area contributed by atoms with Crippen LogP contribution in [0, 0.1) is 5.92 Å². The number of rotatable bonds is 7. The van der Waals surface area contributed by atoms with Crippen LogP contribution in [-0.4, -0.2) is 127 Å². The first-order valence-corrected chi connectivity index (χ1v) is 15.0. The zero-order valence-corrected chi connectivity index (χ0v) is 28.4. The molecule has 17 nitrogen and oxygen atoms in total. The maximum Gasteiger partial charge on any atom is 0.410 e. The van der Waals surface area contributed by atoms with Gasteiger partial charge in [0.2, 0.25) is 11.8 Å². The topological polar surface area (TPSA) is 213 Å². The Morgan fingerprint density at radius 2 is 1.34 bits per heavy atom. The molecule has 1 spiro atoms. The number of ketones is 1. The predicted octanol–water partition coefficient (Wildman–Crippen LogP) is 0.463. The average Bonchev–Trinajstić information content (AvgIpc) is 2.87. The summed E-state index contributed by atoms with van der Waals surface area (Å²) in [5.41, 5.74) is -3.03. The van der Waals surface area contributed by atoms with E-state index >= 15 is 0 Å². The molecule has 3 heterocycles. The van der Waals surface area contributed by atoms with E-state index in [1.54, 1.807) is 48.5 Å². The zero-order chi connectivity index (χ0) is 36.0. The zero-order valence-electron chi connectivity index (χ0n) is 28.4. The van der Waals surface area contributed by atoms with Gasteiger partial charge in [0.25, 0.3) is 0 Å². The summed E-state index contributed by atoms with van der Waals surface area (Å²) in [5.74, 6) is -5.19. The highest BCUT2D eigenvalue weighted by Gasteiger charge is 2.55. The van der Waals surface area contributed by atoms with Gasteiger partial charge in [0.15, 0.2) is 11.7 Å². The van der Waals surface area contributed by atoms with Crippen molar-refractivity contribution in [2.75, 3.05) is 47.0 Å². The van der Waals surface area contributed by atoms with Gasteiger partial charge in [-0.2, -0.15) is 0 Å². The van der Waals surface area contributed by atoms with Gasteiger partial charge in [-0.05, 0) is 48.5 Å². The third-order valence-corrected chi connectivity index (χ3v) is 6.92. The Labute approximate surface area is 273 Å². The average molecular weight is 671 g/mol. The van der Waals surface area contributed by atoms with Gasteiger partial charge in [-0.15, -0.1) is 0 Å². The fraction of sp³-hybridized carbons (Fsp3) is 0.733. The van der Waals surface area contributed by atoms with Crippen molar-refractivity contribution in [2.45, 2.75) is 90.0 Å². The number of piperidine rings is 1. The Bertz CT molecular complexity index is 1240. The molecule has 3 aliphatic rings. The molecule has 0 aromatic heterocycles. The SMILES string of the molecule is CCOC(=O)CC(=O)NC1(CC(=O)OC)CN(C(=O)OC(C)(C)C)C1.COC(=O)C1C(=O)CC2(CN(C(=O)OC(C)(C)C)C2)NC1=O. The van der Waals surface area contributed by atoms with Crippen LogP contribution in [0.1, 0.15) is 67.7 Å². The highest BCUT2D eigenvalue weighted by Crippen LogP contribution is 2.32. The number of carbonyl (C=O) groups is 8. The summed E-state index contributed by atoms with van der Waals surface area (Å²) in [6, 6.07) is 0. The largest absolute Gasteiger partial charge is 0.469 e. The number of hydrogen-bond acceptors (Lipinski definition) is 13. The molecule has 1 unspecified atom stereocenters. The summed E-state index contributed by atoms with van der Waals surface area (Å²) in [6.45, 7) is 12.9. The van der Waals surface area contributed by atoms with Crippen molar-refractivity contribution in [1.29, 1.82) is 0 Å². The molecule has 2 N–H and O–H groups in total. The van der Waals surface area contributed by atoms with Crippen molar-refractivity contribution in [3.8, 4) is 0 Å². The van der Waals surface area contributed by atoms with Gasteiger partial charge in [0, 0.05) is 32.6 Å². The van der Waals surface area contributed by atoms with Crippen LogP contribution in [0.5, 0.6) is 0 Å². The molecule has 0 aromatic carbocycles. The van der Waals surface area contributed by atoms with E-state index in [9.17, 15) is 38.4 Å². The molecule has 264 valence electrons. The lowest BCUT2D eigenvalue weighted by Crippen LogP contribution is -2.75. The van der Waals surface area contributed by atoms with E-state index in [2.05, 4.69) is 20.1 Å². The highest BCUT2D eigenvalue weighted by atomic mass is 16.6. The molecule has 1 atom stereocenters. The monoisotopic (exact) mass is 670 g/mol. The van der Waals surface area contributed by atoms with Crippen LogP contribution >= 0.6 is 0 Å². The Balaban J connectivity index is 0.000000329. The van der Waals surface area contributed by atoms with Gasteiger partial charge in [0.1, 0.15) is 17.6 Å². The van der Waals surface area contributed by atoms with Gasteiger partial charge in [-0.3, -0.25) is 28.8 Å². The van der Waals surface area contributed by atoms with E-state index in [4.69, 9.17) is 14.2 Å². The first-order chi connectivity index (χ1) is 21.6. The van der Waals surface area contributed by atoms with Gasteiger partial charge < -0.3 is 44.1 Å². The minimum Gasteiger partial charge on any atom is -0.469 e. The molecular formula is C30H46N4O13. The Kier molecular flexibility index (Phi) is 12.3. The standard InChI is InChI=1S/C16H26N2O7.C14H20N2O6/c1-6-24-12(20)7-11(19)17-16(8-13(21)23-5)9-18(10-16)14(22)25-15(2,3)4;1-13(2,3)22-12(20)16-6-14(7-16)5-8(17)9(10(18)15-14)11(19)21-4/h6-10H2,1-5H3,(H,17,19);9H,5-7H2,1-4H3,(H,15,18).